The van der Waals surface area contributed by atoms with Crippen molar-refractivity contribution in [3.8, 4) is 0 Å². The van der Waals surface area contributed by atoms with Crippen LogP contribution >= 0.6 is 7.95 Å². The van der Waals surface area contributed by atoms with Crippen LogP contribution in [0.1, 0.15) is 19.8 Å². The molecule has 0 aliphatic heterocycles. The first-order valence-corrected chi connectivity index (χ1v) is 4.66. The summed E-state index contributed by atoms with van der Waals surface area (Å²) in [6.45, 7) is 1.36. The molecule has 1 atom stereocenters. The third-order valence-corrected chi connectivity index (χ3v) is 3.51. The lowest BCUT2D eigenvalue weighted by Crippen LogP contribution is -2.16. The lowest BCUT2D eigenvalue weighted by molar-refractivity contribution is -0.109. The van der Waals surface area contributed by atoms with Crippen molar-refractivity contribution < 1.29 is 9.36 Å². The Hall–Kier alpha value is -0.270. The Balaban J connectivity index is 1.90. The van der Waals surface area contributed by atoms with Gasteiger partial charge in [-0.3, -0.25) is 0 Å². The summed E-state index contributed by atoms with van der Waals surface area (Å²) in [5, 5.41) is 2.86. The van der Waals surface area contributed by atoms with E-state index in [4.69, 9.17) is 0 Å². The Bertz CT molecular complexity index is 220. The fourth-order valence-corrected chi connectivity index (χ4v) is 2.09. The molecule has 0 saturated heterocycles. The van der Waals surface area contributed by atoms with Crippen LogP contribution in [0, 0.1) is 5.92 Å². The van der Waals surface area contributed by atoms with E-state index in [9.17, 15) is 9.36 Å². The van der Waals surface area contributed by atoms with Gasteiger partial charge in [0.1, 0.15) is 0 Å². The van der Waals surface area contributed by atoms with Crippen LogP contribution in [0.3, 0.4) is 0 Å². The zero-order chi connectivity index (χ0) is 7.35. The van der Waals surface area contributed by atoms with Gasteiger partial charge in [0, 0.05) is 6.92 Å². The highest BCUT2D eigenvalue weighted by atomic mass is 31.1. The molecule has 0 bridgehead atoms. The first kappa shape index (κ1) is 6.44. The number of hydrogen-bond acceptors (Lipinski definition) is 2. The molecule has 2 rings (SSSR count). The highest BCUT2D eigenvalue weighted by Crippen LogP contribution is 2.68. The van der Waals surface area contributed by atoms with Crippen molar-refractivity contribution >= 4 is 13.5 Å². The van der Waals surface area contributed by atoms with Crippen LogP contribution < -0.4 is 5.09 Å². The average molecular weight is 158 g/mol. The van der Waals surface area contributed by atoms with E-state index in [1.165, 1.54) is 6.92 Å². The Morgan fingerprint density at radius 1 is 1.70 bits per heavy atom. The molecule has 10 heavy (non-hydrogen) atoms. The Labute approximate surface area is 60.0 Å². The fourth-order valence-electron chi connectivity index (χ4n) is 1.17. The molecule has 54 valence electrons. The van der Waals surface area contributed by atoms with Gasteiger partial charge in [-0.1, -0.05) is 5.09 Å². The molecule has 0 aromatic rings. The molecule has 2 aliphatic carbocycles. The second kappa shape index (κ2) is 1.66. The molecule has 0 heterocycles. The lowest BCUT2D eigenvalue weighted by atomic mass is 10.4. The summed E-state index contributed by atoms with van der Waals surface area (Å²) < 4.78 is 10.9. The summed E-state index contributed by atoms with van der Waals surface area (Å²) in [4.78, 5) is 10.5. The van der Waals surface area contributed by atoms with Crippen molar-refractivity contribution in [1.82, 2.24) is 5.09 Å². The van der Waals surface area contributed by atoms with Crippen molar-refractivity contribution in [3.63, 3.8) is 0 Å². The SMILES string of the molecule is CC(=O)[P+](=O)NC12CC1C2. The van der Waals surface area contributed by atoms with Crippen LogP contribution in [0.5, 0.6) is 0 Å². The summed E-state index contributed by atoms with van der Waals surface area (Å²) in [5.41, 5.74) is -0.0685. The average Bonchev–Trinajstić information content (AvgIpc) is 2.53. The largest absolute Gasteiger partial charge is 0.510 e. The molecule has 2 saturated carbocycles. The third kappa shape index (κ3) is 0.815. The molecule has 1 N–H and O–H groups in total. The van der Waals surface area contributed by atoms with E-state index in [0.29, 0.717) is 0 Å². The van der Waals surface area contributed by atoms with Gasteiger partial charge in [-0.05, 0) is 23.3 Å². The second-order valence-corrected chi connectivity index (χ2v) is 4.63. The smallest absolute Gasteiger partial charge is 0.238 e. The van der Waals surface area contributed by atoms with Gasteiger partial charge < -0.3 is 0 Å². The Morgan fingerprint density at radius 3 is 2.50 bits per heavy atom. The molecule has 0 amide bonds. The molecule has 4 heteroatoms. The Morgan fingerprint density at radius 2 is 2.20 bits per heavy atom. The van der Waals surface area contributed by atoms with Crippen LogP contribution in [0.4, 0.5) is 0 Å². The molecular formula is C6H9NO2P+. The van der Waals surface area contributed by atoms with E-state index in [2.05, 4.69) is 5.09 Å². The minimum atomic E-state index is -1.76. The van der Waals surface area contributed by atoms with Crippen LogP contribution in [0.25, 0.3) is 0 Å². The number of nitrogens with one attached hydrogen (secondary N) is 1. The van der Waals surface area contributed by atoms with Crippen molar-refractivity contribution in [3.05, 3.63) is 0 Å². The van der Waals surface area contributed by atoms with Crippen molar-refractivity contribution in [2.75, 3.05) is 0 Å². The molecule has 3 nitrogen and oxygen atoms in total. The molecule has 0 aromatic heterocycles. The maximum Gasteiger partial charge on any atom is 0.510 e. The highest BCUT2D eigenvalue weighted by Gasteiger charge is 2.73. The molecule has 0 radical (unpaired) electrons. The molecule has 2 fully saturated rings. The van der Waals surface area contributed by atoms with Crippen LogP contribution in [0.2, 0.25) is 0 Å². The second-order valence-electron chi connectivity index (χ2n) is 3.19. The summed E-state index contributed by atoms with van der Waals surface area (Å²) >= 11 is 0. The number of carbonyl (C=O) groups excluding carboxylic acids is 1. The number of rotatable bonds is 3. The molecule has 0 aromatic carbocycles. The van der Waals surface area contributed by atoms with Crippen molar-refractivity contribution in [2.24, 2.45) is 5.92 Å². The van der Waals surface area contributed by atoms with E-state index in [1.54, 1.807) is 0 Å². The molecular weight excluding hydrogens is 149 g/mol. The van der Waals surface area contributed by atoms with Crippen LogP contribution in [-0.2, 0) is 9.36 Å². The van der Waals surface area contributed by atoms with E-state index in [0.717, 1.165) is 18.8 Å². The fraction of sp³-hybridized carbons (Fsp3) is 0.833. The summed E-state index contributed by atoms with van der Waals surface area (Å²) in [5.74, 6) is 0.741. The first-order valence-electron chi connectivity index (χ1n) is 3.40. The van der Waals surface area contributed by atoms with Crippen molar-refractivity contribution in [1.29, 1.82) is 0 Å². The quantitative estimate of drug-likeness (QED) is 0.624. The normalized spacial score (nSPS) is 42.1. The monoisotopic (exact) mass is 158 g/mol. The highest BCUT2D eigenvalue weighted by molar-refractivity contribution is 7.61. The minimum absolute atomic E-state index is 0.166. The molecule has 0 spiro atoms. The number of hydrogen-bond donors (Lipinski definition) is 1. The predicted molar refractivity (Wildman–Crippen MR) is 36.9 cm³/mol. The van der Waals surface area contributed by atoms with Crippen LogP contribution in [0.15, 0.2) is 0 Å². The van der Waals surface area contributed by atoms with Gasteiger partial charge in [0.25, 0.3) is 0 Å². The topological polar surface area (TPSA) is 46.2 Å². The van der Waals surface area contributed by atoms with E-state index >= 15 is 0 Å². The first-order chi connectivity index (χ1) is 4.64. The molecule has 2 aliphatic rings. The van der Waals surface area contributed by atoms with Gasteiger partial charge in [-0.2, -0.15) is 0 Å². The number of fused-ring (bicyclic) bond motifs is 1. The number of carbonyl (C=O) groups is 1. The summed E-state index contributed by atoms with van der Waals surface area (Å²) in [7, 11) is -1.76. The third-order valence-electron chi connectivity index (χ3n) is 2.29. The summed E-state index contributed by atoms with van der Waals surface area (Å²) in [6, 6.07) is 0. The lowest BCUT2D eigenvalue weighted by Gasteiger charge is -1.90. The predicted octanol–water partition coefficient (Wildman–Crippen LogP) is 1.03. The zero-order valence-corrected chi connectivity index (χ0v) is 6.65. The van der Waals surface area contributed by atoms with Gasteiger partial charge in [-0.15, -0.1) is 0 Å². The summed E-state index contributed by atoms with van der Waals surface area (Å²) in [6.07, 6.45) is 2.25. The standard InChI is InChI=1S/C6H9NO2P/c1-4(8)10(9)7-6-2-5(6)3-6/h5H,2-3H2,1H3,(H,7,9)/q+1. The van der Waals surface area contributed by atoms with Gasteiger partial charge in [0.2, 0.25) is 0 Å². The van der Waals surface area contributed by atoms with E-state index in [-0.39, 0.29) is 11.1 Å². The zero-order valence-electron chi connectivity index (χ0n) is 5.76. The van der Waals surface area contributed by atoms with E-state index in [1.807, 2.05) is 0 Å². The van der Waals surface area contributed by atoms with Gasteiger partial charge in [-0.25, -0.2) is 4.79 Å². The Kier molecular flexibility index (Phi) is 1.07. The van der Waals surface area contributed by atoms with E-state index < -0.39 is 7.95 Å². The minimum Gasteiger partial charge on any atom is -0.238 e. The van der Waals surface area contributed by atoms with Gasteiger partial charge in [0.15, 0.2) is 0 Å². The van der Waals surface area contributed by atoms with Crippen molar-refractivity contribution in [2.45, 2.75) is 25.3 Å². The molecule has 1 unspecified atom stereocenters. The van der Waals surface area contributed by atoms with Gasteiger partial charge in [0.05, 0.1) is 5.54 Å². The van der Waals surface area contributed by atoms with Gasteiger partial charge >= 0.3 is 13.5 Å². The maximum atomic E-state index is 10.9. The van der Waals surface area contributed by atoms with Crippen LogP contribution in [-0.4, -0.2) is 11.1 Å². The maximum absolute atomic E-state index is 10.9.